The van der Waals surface area contributed by atoms with Gasteiger partial charge >= 0.3 is 6.16 Å². The van der Waals surface area contributed by atoms with Crippen LogP contribution in [0.1, 0.15) is 13.0 Å². The molecule has 144 valence electrons. The molecule has 3 heterocycles. The number of piperazine rings is 1. The number of benzene rings is 1. The molecule has 0 aliphatic carbocycles. The highest BCUT2D eigenvalue weighted by atomic mass is 19.1. The first-order valence-electron chi connectivity index (χ1n) is 8.75. The van der Waals surface area contributed by atoms with Crippen molar-refractivity contribution < 1.29 is 23.8 Å². The summed E-state index contributed by atoms with van der Waals surface area (Å²) in [6.07, 6.45) is -0.227. The summed E-state index contributed by atoms with van der Waals surface area (Å²) in [7, 11) is 2.01. The normalized spacial score (nSPS) is 19.8. The van der Waals surface area contributed by atoms with E-state index < -0.39 is 17.4 Å². The number of likely N-dealkylation sites (N-methyl/N-ethyl adjacent to an activating group) is 1. The summed E-state index contributed by atoms with van der Waals surface area (Å²) in [6.45, 7) is 5.04. The molecule has 0 spiro atoms. The number of hydrogen-bond donors (Lipinski definition) is 1. The van der Waals surface area contributed by atoms with Gasteiger partial charge in [0, 0.05) is 26.2 Å². The zero-order valence-electron chi connectivity index (χ0n) is 15.1. The highest BCUT2D eigenvalue weighted by Gasteiger charge is 2.30. The molecule has 1 atom stereocenters. The molecule has 0 amide bonds. The van der Waals surface area contributed by atoms with E-state index in [1.165, 1.54) is 6.20 Å². The molecule has 0 bridgehead atoms. The van der Waals surface area contributed by atoms with Crippen molar-refractivity contribution in [2.45, 2.75) is 13.0 Å². The smallest absolute Gasteiger partial charge is 0.487 e. The molecule has 8 nitrogen and oxygen atoms in total. The van der Waals surface area contributed by atoms with Crippen LogP contribution in [0, 0.1) is 5.82 Å². The molecule has 0 radical (unpaired) electrons. The van der Waals surface area contributed by atoms with E-state index in [1.54, 1.807) is 4.57 Å². The molecule has 1 aromatic heterocycles. The number of anilines is 1. The lowest BCUT2D eigenvalue weighted by atomic mass is 10.1. The highest BCUT2D eigenvalue weighted by Crippen LogP contribution is 2.42. The van der Waals surface area contributed by atoms with Crippen LogP contribution in [0.2, 0.25) is 0 Å². The second-order valence-corrected chi connectivity index (χ2v) is 6.98. The fraction of sp³-hybridized carbons (Fsp3) is 0.444. The molecule has 1 saturated heterocycles. The molecular weight excluding hydrogens is 357 g/mol. The Hall–Kier alpha value is -2.81. The maximum atomic E-state index is 15.0. The van der Waals surface area contributed by atoms with Crippen molar-refractivity contribution in [1.29, 1.82) is 0 Å². The van der Waals surface area contributed by atoms with E-state index in [2.05, 4.69) is 9.64 Å². The van der Waals surface area contributed by atoms with Crippen LogP contribution in [-0.2, 0) is 0 Å². The van der Waals surface area contributed by atoms with E-state index in [9.17, 15) is 9.59 Å². The molecule has 2 aliphatic heterocycles. The van der Waals surface area contributed by atoms with Crippen LogP contribution in [0.25, 0.3) is 10.9 Å². The summed E-state index contributed by atoms with van der Waals surface area (Å²) in [6, 6.07) is 0.990. The number of carbonyl (C=O) groups is 1. The topological polar surface area (TPSA) is 84.2 Å². The third kappa shape index (κ3) is 2.87. The van der Waals surface area contributed by atoms with Crippen molar-refractivity contribution in [3.63, 3.8) is 0 Å². The fourth-order valence-corrected chi connectivity index (χ4v) is 3.68. The summed E-state index contributed by atoms with van der Waals surface area (Å²) in [5, 5.41) is 8.92. The Morgan fingerprint density at radius 1 is 1.33 bits per heavy atom. The minimum atomic E-state index is -1.59. The Bertz CT molecular complexity index is 981. The van der Waals surface area contributed by atoms with E-state index in [0.717, 1.165) is 19.2 Å². The number of nitrogens with zero attached hydrogens (tertiary/aromatic N) is 3. The van der Waals surface area contributed by atoms with Gasteiger partial charge in [0.1, 0.15) is 12.3 Å². The second-order valence-electron chi connectivity index (χ2n) is 6.98. The third-order valence-corrected chi connectivity index (χ3v) is 5.13. The number of pyridine rings is 1. The van der Waals surface area contributed by atoms with Crippen LogP contribution >= 0.6 is 0 Å². The van der Waals surface area contributed by atoms with Gasteiger partial charge in [-0.15, -0.1) is 0 Å². The van der Waals surface area contributed by atoms with Crippen LogP contribution in [0.5, 0.6) is 11.5 Å². The van der Waals surface area contributed by atoms with Crippen molar-refractivity contribution in [1.82, 2.24) is 9.47 Å². The molecule has 2 aliphatic rings. The van der Waals surface area contributed by atoms with Gasteiger partial charge < -0.3 is 28.9 Å². The van der Waals surface area contributed by atoms with E-state index in [0.29, 0.717) is 30.0 Å². The number of aromatic nitrogens is 1. The van der Waals surface area contributed by atoms with Gasteiger partial charge in [-0.05, 0) is 20.0 Å². The predicted molar refractivity (Wildman–Crippen MR) is 96.7 cm³/mol. The van der Waals surface area contributed by atoms with E-state index >= 15 is 4.39 Å². The summed E-state index contributed by atoms with van der Waals surface area (Å²) in [5.41, 5.74) is 0.140. The zero-order chi connectivity index (χ0) is 19.3. The average Bonchev–Trinajstić information content (AvgIpc) is 2.62. The zero-order valence-corrected chi connectivity index (χ0v) is 15.1. The molecule has 1 unspecified atom stereocenters. The van der Waals surface area contributed by atoms with Crippen molar-refractivity contribution in [3.05, 3.63) is 28.3 Å². The maximum absolute atomic E-state index is 15.0. The van der Waals surface area contributed by atoms with E-state index in [1.807, 2.05) is 18.9 Å². The minimum absolute atomic E-state index is 0.0469. The van der Waals surface area contributed by atoms with Crippen LogP contribution < -0.4 is 19.8 Å². The quantitative estimate of drug-likeness (QED) is 0.800. The molecule has 1 fully saturated rings. The first kappa shape index (κ1) is 17.6. The molecule has 1 N–H and O–H groups in total. The lowest BCUT2D eigenvalue weighted by Crippen LogP contribution is -2.45. The molecule has 2 aromatic rings. The third-order valence-electron chi connectivity index (χ3n) is 5.13. The SMILES string of the molecule is CC1COc2c(N3CCN(C)CC3)c(F)cc3c(=O)c(OC(=O)O)cn1c23. The Morgan fingerprint density at radius 2 is 2.04 bits per heavy atom. The Kier molecular flexibility index (Phi) is 4.18. The lowest BCUT2D eigenvalue weighted by Gasteiger charge is -2.37. The number of ether oxygens (including phenoxy) is 2. The Labute approximate surface area is 154 Å². The van der Waals surface area contributed by atoms with Crippen LogP contribution in [0.15, 0.2) is 17.1 Å². The molecule has 0 saturated carbocycles. The molecular formula is C18H20FN3O5. The highest BCUT2D eigenvalue weighted by molar-refractivity contribution is 5.93. The second kappa shape index (κ2) is 6.41. The van der Waals surface area contributed by atoms with Gasteiger partial charge in [0.15, 0.2) is 17.3 Å². The first-order valence-corrected chi connectivity index (χ1v) is 8.75. The molecule has 4 rings (SSSR count). The number of halogens is 1. The van der Waals surface area contributed by atoms with Crippen LogP contribution in [0.4, 0.5) is 14.9 Å². The number of hydrogen-bond acceptors (Lipinski definition) is 6. The largest absolute Gasteiger partial charge is 0.511 e. The van der Waals surface area contributed by atoms with Crippen LogP contribution in [-0.4, -0.2) is 60.6 Å². The predicted octanol–water partition coefficient (Wildman–Crippen LogP) is 1.90. The van der Waals surface area contributed by atoms with Crippen molar-refractivity contribution in [2.24, 2.45) is 0 Å². The van der Waals surface area contributed by atoms with Gasteiger partial charge in [0.2, 0.25) is 5.43 Å². The molecule has 9 heteroatoms. The van der Waals surface area contributed by atoms with Crippen molar-refractivity contribution in [2.75, 3.05) is 44.7 Å². The van der Waals surface area contributed by atoms with Gasteiger partial charge in [0.05, 0.1) is 23.1 Å². The number of carboxylic acid groups (broad SMARTS) is 1. The van der Waals surface area contributed by atoms with Gasteiger partial charge in [-0.1, -0.05) is 0 Å². The van der Waals surface area contributed by atoms with E-state index in [-0.39, 0.29) is 23.8 Å². The standard InChI is InChI=1S/C18H20FN3O5/c1-10-9-26-17-14-11(16(23)13(8-22(10)14)27-18(24)25)7-12(19)15(17)21-5-3-20(2)4-6-21/h7-8,10H,3-6,9H2,1-2H3,(H,24,25). The van der Waals surface area contributed by atoms with E-state index in [4.69, 9.17) is 9.84 Å². The van der Waals surface area contributed by atoms with Crippen LogP contribution in [0.3, 0.4) is 0 Å². The number of rotatable bonds is 2. The summed E-state index contributed by atoms with van der Waals surface area (Å²) >= 11 is 0. The average molecular weight is 377 g/mol. The lowest BCUT2D eigenvalue weighted by molar-refractivity contribution is 0.143. The molecule has 1 aromatic carbocycles. The van der Waals surface area contributed by atoms with Gasteiger partial charge in [-0.2, -0.15) is 0 Å². The van der Waals surface area contributed by atoms with Gasteiger partial charge in [-0.3, -0.25) is 4.79 Å². The van der Waals surface area contributed by atoms with Gasteiger partial charge in [0.25, 0.3) is 0 Å². The summed E-state index contributed by atoms with van der Waals surface area (Å²) < 4.78 is 27.2. The monoisotopic (exact) mass is 377 g/mol. The van der Waals surface area contributed by atoms with Gasteiger partial charge in [-0.25, -0.2) is 9.18 Å². The summed E-state index contributed by atoms with van der Waals surface area (Å²) in [4.78, 5) is 27.6. The minimum Gasteiger partial charge on any atom is -0.487 e. The first-order chi connectivity index (χ1) is 12.9. The fourth-order valence-electron chi connectivity index (χ4n) is 3.68. The summed E-state index contributed by atoms with van der Waals surface area (Å²) in [5.74, 6) is -0.583. The Balaban J connectivity index is 1.96. The molecule has 27 heavy (non-hydrogen) atoms. The van der Waals surface area contributed by atoms with Crippen molar-refractivity contribution in [3.8, 4) is 11.5 Å². The Morgan fingerprint density at radius 3 is 2.70 bits per heavy atom. The maximum Gasteiger partial charge on any atom is 0.511 e. The van der Waals surface area contributed by atoms with Crippen molar-refractivity contribution >= 4 is 22.7 Å².